The highest BCUT2D eigenvalue weighted by Gasteiger charge is 2.24. The predicted octanol–water partition coefficient (Wildman–Crippen LogP) is 3.79. The second kappa shape index (κ2) is 6.73. The molecule has 0 aliphatic heterocycles. The molecular weight excluding hydrogens is 300 g/mol. The summed E-state index contributed by atoms with van der Waals surface area (Å²) in [5, 5.41) is 10.6. The first-order valence-electron chi connectivity index (χ1n) is 7.02. The van der Waals surface area contributed by atoms with Crippen LogP contribution in [0, 0.1) is 0 Å². The summed E-state index contributed by atoms with van der Waals surface area (Å²) in [6.45, 7) is 7.89. The Bertz CT molecular complexity index is 521. The van der Waals surface area contributed by atoms with Crippen LogP contribution in [0.4, 0.5) is 0 Å². The molecule has 0 aliphatic rings. The van der Waals surface area contributed by atoms with Crippen molar-refractivity contribution in [1.82, 2.24) is 10.6 Å². The van der Waals surface area contributed by atoms with E-state index in [2.05, 4.69) is 33.5 Å². The van der Waals surface area contributed by atoms with Crippen molar-refractivity contribution >= 4 is 28.6 Å². The molecule has 3 nitrogen and oxygen atoms in total. The van der Waals surface area contributed by atoms with E-state index in [4.69, 9.17) is 0 Å². The van der Waals surface area contributed by atoms with E-state index >= 15 is 0 Å². The molecule has 1 amide bonds. The van der Waals surface area contributed by atoms with Gasteiger partial charge >= 0.3 is 0 Å². The Morgan fingerprint density at radius 3 is 2.00 bits per heavy atom. The maximum atomic E-state index is 12.3. The zero-order chi connectivity index (χ0) is 15.5. The fourth-order valence-corrected chi connectivity index (χ4v) is 3.70. The van der Waals surface area contributed by atoms with Gasteiger partial charge in [-0.15, -0.1) is 22.7 Å². The van der Waals surface area contributed by atoms with Gasteiger partial charge in [0.25, 0.3) is 0 Å². The summed E-state index contributed by atoms with van der Waals surface area (Å²) in [5.41, 5.74) is -0.214. The molecule has 1 atom stereocenters. The van der Waals surface area contributed by atoms with Crippen LogP contribution in [0.2, 0.25) is 0 Å². The first-order valence-corrected chi connectivity index (χ1v) is 8.77. The lowest BCUT2D eigenvalue weighted by atomic mass is 10.1. The van der Waals surface area contributed by atoms with Crippen LogP contribution in [0.25, 0.3) is 0 Å². The summed E-state index contributed by atoms with van der Waals surface area (Å²) in [7, 11) is 0. The number of thiophene rings is 2. The van der Waals surface area contributed by atoms with E-state index < -0.39 is 0 Å². The predicted molar refractivity (Wildman–Crippen MR) is 91.0 cm³/mol. The zero-order valence-electron chi connectivity index (χ0n) is 12.8. The number of hydrogen-bond donors (Lipinski definition) is 2. The highest BCUT2D eigenvalue weighted by molar-refractivity contribution is 7.11. The van der Waals surface area contributed by atoms with Crippen molar-refractivity contribution in [2.45, 2.75) is 45.3 Å². The van der Waals surface area contributed by atoms with Gasteiger partial charge in [0.2, 0.25) is 5.91 Å². The summed E-state index contributed by atoms with van der Waals surface area (Å²) < 4.78 is 0. The van der Waals surface area contributed by atoms with Gasteiger partial charge in [0.1, 0.15) is 0 Å². The molecule has 2 rings (SSSR count). The van der Waals surface area contributed by atoms with Gasteiger partial charge in [-0.3, -0.25) is 10.1 Å². The molecule has 0 aliphatic carbocycles. The molecule has 0 radical (unpaired) electrons. The second-order valence-electron chi connectivity index (χ2n) is 6.09. The standard InChI is InChI=1S/C16H22N2OS2/c1-11(15(19)18-16(2,3)4)17-14(12-7-5-9-20-12)13-8-6-10-21-13/h5-11,14,17H,1-4H3,(H,18,19). The van der Waals surface area contributed by atoms with E-state index in [0.29, 0.717) is 0 Å². The molecule has 2 aromatic heterocycles. The highest BCUT2D eigenvalue weighted by atomic mass is 32.1. The Kier molecular flexibility index (Phi) is 5.19. The zero-order valence-corrected chi connectivity index (χ0v) is 14.5. The van der Waals surface area contributed by atoms with Gasteiger partial charge < -0.3 is 5.32 Å². The number of amides is 1. The highest BCUT2D eigenvalue weighted by Crippen LogP contribution is 2.29. The molecule has 0 saturated heterocycles. The molecule has 0 saturated carbocycles. The summed E-state index contributed by atoms with van der Waals surface area (Å²) in [6, 6.07) is 8.13. The Morgan fingerprint density at radius 2 is 1.62 bits per heavy atom. The average molecular weight is 322 g/mol. The molecule has 0 aromatic carbocycles. The summed E-state index contributed by atoms with van der Waals surface area (Å²) in [5.74, 6) is 0.0283. The van der Waals surface area contributed by atoms with Gasteiger partial charge in [-0.1, -0.05) is 12.1 Å². The van der Waals surface area contributed by atoms with Crippen molar-refractivity contribution in [1.29, 1.82) is 0 Å². The average Bonchev–Trinajstić information content (AvgIpc) is 3.06. The molecule has 5 heteroatoms. The number of carbonyl (C=O) groups is 1. The minimum Gasteiger partial charge on any atom is -0.350 e. The van der Waals surface area contributed by atoms with E-state index in [0.717, 1.165) is 0 Å². The Morgan fingerprint density at radius 1 is 1.10 bits per heavy atom. The largest absolute Gasteiger partial charge is 0.350 e. The smallest absolute Gasteiger partial charge is 0.237 e. The number of nitrogens with one attached hydrogen (secondary N) is 2. The molecule has 2 N–H and O–H groups in total. The fourth-order valence-electron chi connectivity index (χ4n) is 2.02. The number of hydrogen-bond acceptors (Lipinski definition) is 4. The van der Waals surface area contributed by atoms with Gasteiger partial charge in [0.15, 0.2) is 0 Å². The molecule has 0 bridgehead atoms. The van der Waals surface area contributed by atoms with Crippen molar-refractivity contribution < 1.29 is 4.79 Å². The van der Waals surface area contributed by atoms with Crippen LogP contribution < -0.4 is 10.6 Å². The monoisotopic (exact) mass is 322 g/mol. The Balaban J connectivity index is 2.11. The van der Waals surface area contributed by atoms with E-state index in [-0.39, 0.29) is 23.5 Å². The van der Waals surface area contributed by atoms with E-state index in [1.807, 2.05) is 39.8 Å². The normalized spacial score (nSPS) is 13.4. The first kappa shape index (κ1) is 16.2. The van der Waals surface area contributed by atoms with Crippen molar-refractivity contribution in [2.24, 2.45) is 0 Å². The Labute approximate surface area is 134 Å². The van der Waals surface area contributed by atoms with Gasteiger partial charge in [-0.2, -0.15) is 0 Å². The van der Waals surface area contributed by atoms with Crippen LogP contribution in [0.1, 0.15) is 43.5 Å². The minimum atomic E-state index is -0.251. The van der Waals surface area contributed by atoms with Gasteiger partial charge in [0, 0.05) is 15.3 Å². The molecule has 21 heavy (non-hydrogen) atoms. The molecule has 114 valence electrons. The van der Waals surface area contributed by atoms with E-state index in [1.165, 1.54) is 9.75 Å². The lowest BCUT2D eigenvalue weighted by Crippen LogP contribution is -2.50. The quantitative estimate of drug-likeness (QED) is 0.879. The van der Waals surface area contributed by atoms with Crippen LogP contribution in [-0.2, 0) is 4.79 Å². The maximum Gasteiger partial charge on any atom is 0.237 e. The van der Waals surface area contributed by atoms with E-state index in [1.54, 1.807) is 22.7 Å². The lowest BCUT2D eigenvalue weighted by Gasteiger charge is -2.26. The van der Waals surface area contributed by atoms with Crippen LogP contribution in [0.3, 0.4) is 0 Å². The molecule has 1 unspecified atom stereocenters. The fraction of sp³-hybridized carbons (Fsp3) is 0.438. The first-order chi connectivity index (χ1) is 9.87. The molecule has 0 fully saturated rings. The van der Waals surface area contributed by atoms with Gasteiger partial charge in [0.05, 0.1) is 12.1 Å². The van der Waals surface area contributed by atoms with Crippen molar-refractivity contribution in [3.8, 4) is 0 Å². The lowest BCUT2D eigenvalue weighted by molar-refractivity contribution is -0.124. The molecule has 2 heterocycles. The summed E-state index contributed by atoms with van der Waals surface area (Å²) in [6.07, 6.45) is 0. The van der Waals surface area contributed by atoms with Crippen molar-refractivity contribution in [2.75, 3.05) is 0 Å². The van der Waals surface area contributed by atoms with Crippen LogP contribution in [0.5, 0.6) is 0 Å². The molecule has 2 aromatic rings. The summed E-state index contributed by atoms with van der Waals surface area (Å²) in [4.78, 5) is 14.7. The summed E-state index contributed by atoms with van der Waals surface area (Å²) >= 11 is 3.42. The molecule has 0 spiro atoms. The van der Waals surface area contributed by atoms with E-state index in [9.17, 15) is 4.79 Å². The van der Waals surface area contributed by atoms with Crippen LogP contribution in [0.15, 0.2) is 35.0 Å². The minimum absolute atomic E-state index is 0.0283. The third-order valence-electron chi connectivity index (χ3n) is 2.96. The second-order valence-corrected chi connectivity index (χ2v) is 8.05. The number of rotatable bonds is 5. The number of carbonyl (C=O) groups excluding carboxylic acids is 1. The maximum absolute atomic E-state index is 12.3. The van der Waals surface area contributed by atoms with Crippen molar-refractivity contribution in [3.63, 3.8) is 0 Å². The topological polar surface area (TPSA) is 41.1 Å². The Hall–Kier alpha value is -1.17. The van der Waals surface area contributed by atoms with Gasteiger partial charge in [-0.25, -0.2) is 0 Å². The third kappa shape index (κ3) is 4.66. The SMILES string of the molecule is CC(NC(c1cccs1)c1cccs1)C(=O)NC(C)(C)C. The van der Waals surface area contributed by atoms with Gasteiger partial charge in [-0.05, 0) is 50.6 Å². The van der Waals surface area contributed by atoms with Crippen LogP contribution in [-0.4, -0.2) is 17.5 Å². The van der Waals surface area contributed by atoms with Crippen LogP contribution >= 0.6 is 22.7 Å². The molecular formula is C16H22N2OS2. The van der Waals surface area contributed by atoms with Crippen molar-refractivity contribution in [3.05, 3.63) is 44.8 Å². The third-order valence-corrected chi connectivity index (χ3v) is 4.84.